The third-order valence-corrected chi connectivity index (χ3v) is 5.17. The van der Waals surface area contributed by atoms with Crippen LogP contribution >= 0.6 is 0 Å². The summed E-state index contributed by atoms with van der Waals surface area (Å²) in [4.78, 5) is 28.0. The van der Waals surface area contributed by atoms with Crippen LogP contribution in [0, 0.1) is 0 Å². The van der Waals surface area contributed by atoms with Crippen LogP contribution < -0.4 is 4.74 Å². The highest BCUT2D eigenvalue weighted by Gasteiger charge is 2.28. The van der Waals surface area contributed by atoms with Crippen molar-refractivity contribution in [2.24, 2.45) is 0 Å². The van der Waals surface area contributed by atoms with Gasteiger partial charge in [-0.3, -0.25) is 14.5 Å². The Morgan fingerprint density at radius 2 is 1.75 bits per heavy atom. The number of carbonyl (C=O) groups excluding carboxylic acids is 1. The first kappa shape index (κ1) is 19.9. The second-order valence-corrected chi connectivity index (χ2v) is 6.92. The van der Waals surface area contributed by atoms with Gasteiger partial charge in [0.15, 0.2) is 0 Å². The van der Waals surface area contributed by atoms with E-state index in [2.05, 4.69) is 4.90 Å². The van der Waals surface area contributed by atoms with Crippen molar-refractivity contribution >= 4 is 11.9 Å². The van der Waals surface area contributed by atoms with Crippen LogP contribution in [-0.4, -0.2) is 60.1 Å². The zero-order valence-corrected chi connectivity index (χ0v) is 16.1. The number of ether oxygens (including phenoxy) is 1. The molecule has 0 bridgehead atoms. The fraction of sp³-hybridized carbons (Fsp3) is 0.364. The number of aliphatic carboxylic acids is 1. The standard InChI is InChI=1S/C22H26N2O4/c1-28-19-9-5-8-18(16-19)22(27)24-14-12-23(13-15-24)20(10-11-21(25)26)17-6-3-2-4-7-17/h2-9,16,20H,10-15H2,1H3,(H,25,26)/t20-/m1/s1. The molecule has 1 N–H and O–H groups in total. The van der Waals surface area contributed by atoms with Crippen molar-refractivity contribution in [3.8, 4) is 5.75 Å². The van der Waals surface area contributed by atoms with E-state index in [0.717, 1.165) is 18.7 Å². The number of hydrogen-bond donors (Lipinski definition) is 1. The van der Waals surface area contributed by atoms with Crippen LogP contribution in [0.3, 0.4) is 0 Å². The number of carbonyl (C=O) groups is 2. The Morgan fingerprint density at radius 1 is 1.04 bits per heavy atom. The Bertz CT molecular complexity index is 801. The van der Waals surface area contributed by atoms with Crippen LogP contribution in [0.2, 0.25) is 0 Å². The van der Waals surface area contributed by atoms with Crippen molar-refractivity contribution in [3.05, 3.63) is 65.7 Å². The van der Waals surface area contributed by atoms with Gasteiger partial charge in [0.05, 0.1) is 7.11 Å². The molecule has 0 aromatic heterocycles. The summed E-state index contributed by atoms with van der Waals surface area (Å²) in [6, 6.07) is 17.2. The normalized spacial score (nSPS) is 15.8. The van der Waals surface area contributed by atoms with Crippen molar-refractivity contribution in [3.63, 3.8) is 0 Å². The molecule has 1 aliphatic heterocycles. The minimum atomic E-state index is -0.784. The number of methoxy groups -OCH3 is 1. The number of amides is 1. The molecule has 0 aliphatic carbocycles. The van der Waals surface area contributed by atoms with Crippen LogP contribution in [-0.2, 0) is 4.79 Å². The second-order valence-electron chi connectivity index (χ2n) is 6.92. The van der Waals surface area contributed by atoms with Gasteiger partial charge in [-0.2, -0.15) is 0 Å². The predicted octanol–water partition coefficient (Wildman–Crippen LogP) is 3.06. The SMILES string of the molecule is COc1cccc(C(=O)N2CCN([C@H](CCC(=O)O)c3ccccc3)CC2)c1. The molecule has 1 amide bonds. The zero-order valence-electron chi connectivity index (χ0n) is 16.1. The lowest BCUT2D eigenvalue weighted by Crippen LogP contribution is -2.49. The number of carboxylic acids is 1. The topological polar surface area (TPSA) is 70.1 Å². The zero-order chi connectivity index (χ0) is 19.9. The first-order chi connectivity index (χ1) is 13.6. The lowest BCUT2D eigenvalue weighted by atomic mass is 9.99. The minimum absolute atomic E-state index is 0.000321. The van der Waals surface area contributed by atoms with E-state index in [1.54, 1.807) is 19.2 Å². The van der Waals surface area contributed by atoms with Crippen molar-refractivity contribution in [1.29, 1.82) is 0 Å². The maximum Gasteiger partial charge on any atom is 0.303 e. The summed E-state index contributed by atoms with van der Waals surface area (Å²) in [5.41, 5.74) is 1.75. The van der Waals surface area contributed by atoms with Gasteiger partial charge in [0.2, 0.25) is 0 Å². The molecule has 1 heterocycles. The van der Waals surface area contributed by atoms with Crippen molar-refractivity contribution < 1.29 is 19.4 Å². The van der Waals surface area contributed by atoms with Crippen LogP contribution in [0.4, 0.5) is 0 Å². The van der Waals surface area contributed by atoms with Crippen LogP contribution in [0.15, 0.2) is 54.6 Å². The van der Waals surface area contributed by atoms with Crippen LogP contribution in [0.1, 0.15) is 34.8 Å². The average molecular weight is 382 g/mol. The summed E-state index contributed by atoms with van der Waals surface area (Å²) in [6.07, 6.45) is 0.686. The molecule has 1 fully saturated rings. The maximum absolute atomic E-state index is 12.8. The van der Waals surface area contributed by atoms with Gasteiger partial charge in [-0.15, -0.1) is 0 Å². The van der Waals surface area contributed by atoms with Crippen molar-refractivity contribution in [1.82, 2.24) is 9.80 Å². The molecule has 0 saturated carbocycles. The van der Waals surface area contributed by atoms with Gasteiger partial charge in [0, 0.05) is 44.2 Å². The predicted molar refractivity (Wildman–Crippen MR) is 107 cm³/mol. The molecule has 28 heavy (non-hydrogen) atoms. The van der Waals surface area contributed by atoms with Crippen molar-refractivity contribution in [2.75, 3.05) is 33.3 Å². The van der Waals surface area contributed by atoms with Gasteiger partial charge in [0.1, 0.15) is 5.75 Å². The third kappa shape index (κ3) is 4.89. The fourth-order valence-corrected chi connectivity index (χ4v) is 3.67. The number of benzene rings is 2. The van der Waals surface area contributed by atoms with Crippen LogP contribution in [0.5, 0.6) is 5.75 Å². The Kier molecular flexibility index (Phi) is 6.66. The Morgan fingerprint density at radius 3 is 2.39 bits per heavy atom. The average Bonchev–Trinajstić information content (AvgIpc) is 2.74. The molecular formula is C22H26N2O4. The molecule has 1 atom stereocenters. The highest BCUT2D eigenvalue weighted by atomic mass is 16.5. The summed E-state index contributed by atoms with van der Waals surface area (Å²) in [6.45, 7) is 2.67. The van der Waals surface area contributed by atoms with Gasteiger partial charge >= 0.3 is 5.97 Å². The van der Waals surface area contributed by atoms with Gasteiger partial charge < -0.3 is 14.7 Å². The molecule has 0 unspecified atom stereocenters. The number of hydrogen-bond acceptors (Lipinski definition) is 4. The summed E-state index contributed by atoms with van der Waals surface area (Å²) >= 11 is 0. The molecular weight excluding hydrogens is 356 g/mol. The quantitative estimate of drug-likeness (QED) is 0.797. The van der Waals surface area contributed by atoms with E-state index >= 15 is 0 Å². The molecule has 6 nitrogen and oxygen atoms in total. The lowest BCUT2D eigenvalue weighted by molar-refractivity contribution is -0.137. The van der Waals surface area contributed by atoms with E-state index in [0.29, 0.717) is 30.8 Å². The summed E-state index contributed by atoms with van der Waals surface area (Å²) in [5.74, 6) is -0.115. The lowest BCUT2D eigenvalue weighted by Gasteiger charge is -2.39. The minimum Gasteiger partial charge on any atom is -0.497 e. The monoisotopic (exact) mass is 382 g/mol. The number of piperazine rings is 1. The van der Waals surface area contributed by atoms with Gasteiger partial charge in [-0.25, -0.2) is 0 Å². The largest absolute Gasteiger partial charge is 0.497 e. The van der Waals surface area contributed by atoms with Crippen molar-refractivity contribution in [2.45, 2.75) is 18.9 Å². The Hall–Kier alpha value is -2.86. The molecule has 3 rings (SSSR count). The van der Waals surface area contributed by atoms with E-state index in [1.807, 2.05) is 47.4 Å². The molecule has 1 saturated heterocycles. The molecule has 6 heteroatoms. The highest BCUT2D eigenvalue weighted by molar-refractivity contribution is 5.94. The fourth-order valence-electron chi connectivity index (χ4n) is 3.67. The highest BCUT2D eigenvalue weighted by Crippen LogP contribution is 2.27. The smallest absolute Gasteiger partial charge is 0.303 e. The first-order valence-electron chi connectivity index (χ1n) is 9.52. The van der Waals surface area contributed by atoms with E-state index in [1.165, 1.54) is 0 Å². The van der Waals surface area contributed by atoms with Gasteiger partial charge in [-0.05, 0) is 30.2 Å². The van der Waals surface area contributed by atoms with Crippen LogP contribution in [0.25, 0.3) is 0 Å². The molecule has 2 aromatic rings. The number of rotatable bonds is 7. The Balaban J connectivity index is 1.66. The number of nitrogens with zero attached hydrogens (tertiary/aromatic N) is 2. The Labute approximate surface area is 165 Å². The van der Waals surface area contributed by atoms with E-state index in [-0.39, 0.29) is 18.4 Å². The second kappa shape index (κ2) is 9.37. The van der Waals surface area contributed by atoms with E-state index < -0.39 is 5.97 Å². The van der Waals surface area contributed by atoms with E-state index in [9.17, 15) is 9.59 Å². The van der Waals surface area contributed by atoms with Gasteiger partial charge in [0.25, 0.3) is 5.91 Å². The summed E-state index contributed by atoms with van der Waals surface area (Å²) < 4.78 is 5.21. The molecule has 0 radical (unpaired) electrons. The first-order valence-corrected chi connectivity index (χ1v) is 9.52. The van der Waals surface area contributed by atoms with E-state index in [4.69, 9.17) is 9.84 Å². The summed E-state index contributed by atoms with van der Waals surface area (Å²) in [5, 5.41) is 9.11. The third-order valence-electron chi connectivity index (χ3n) is 5.17. The van der Waals surface area contributed by atoms with Gasteiger partial charge in [-0.1, -0.05) is 36.4 Å². The molecule has 0 spiro atoms. The molecule has 1 aliphatic rings. The molecule has 2 aromatic carbocycles. The number of carboxylic acid groups (broad SMARTS) is 1. The summed E-state index contributed by atoms with van der Waals surface area (Å²) in [7, 11) is 1.59. The maximum atomic E-state index is 12.8. The molecule has 148 valence electrons.